The summed E-state index contributed by atoms with van der Waals surface area (Å²) in [6.07, 6.45) is -1.88. The Balaban J connectivity index is 1.44. The molecule has 8 heteroatoms. The van der Waals surface area contributed by atoms with Crippen molar-refractivity contribution in [2.75, 3.05) is 26.8 Å². The summed E-state index contributed by atoms with van der Waals surface area (Å²) in [5.74, 6) is 1.57. The van der Waals surface area contributed by atoms with E-state index in [4.69, 9.17) is 23.7 Å². The molecule has 28 heavy (non-hydrogen) atoms. The molecule has 0 saturated carbocycles. The van der Waals surface area contributed by atoms with Crippen molar-refractivity contribution >= 4 is 0 Å². The van der Waals surface area contributed by atoms with Crippen molar-refractivity contribution in [2.45, 2.75) is 17.8 Å². The molecule has 2 aromatic rings. The summed E-state index contributed by atoms with van der Waals surface area (Å²) in [7, 11) is 0. The molecule has 4 atom stereocenters. The van der Waals surface area contributed by atoms with Gasteiger partial charge in [-0.05, 0) is 35.4 Å². The van der Waals surface area contributed by atoms with Gasteiger partial charge in [-0.3, -0.25) is 0 Å². The fraction of sp³-hybridized carbons (Fsp3) is 0.400. The van der Waals surface area contributed by atoms with Crippen LogP contribution in [0.4, 0.5) is 0 Å². The maximum absolute atomic E-state index is 11.3. The molecule has 3 aliphatic rings. The minimum absolute atomic E-state index is 0.119. The molecule has 2 aromatic carbocycles. The highest BCUT2D eigenvalue weighted by Crippen LogP contribution is 2.49. The molecule has 0 aromatic heterocycles. The Labute approximate surface area is 160 Å². The molecule has 1 fully saturated rings. The van der Waals surface area contributed by atoms with Crippen LogP contribution in [-0.4, -0.2) is 47.7 Å². The molecule has 148 valence electrons. The normalized spacial score (nSPS) is 28.5. The smallest absolute Gasteiger partial charge is 0.231 e. The monoisotopic (exact) mass is 388 g/mol. The Morgan fingerprint density at radius 1 is 0.929 bits per heavy atom. The van der Waals surface area contributed by atoms with Crippen LogP contribution in [0.5, 0.6) is 23.0 Å². The third-order valence-corrected chi connectivity index (χ3v) is 5.61. The third kappa shape index (κ3) is 2.61. The summed E-state index contributed by atoms with van der Waals surface area (Å²) in [5, 5.41) is 32.3. The summed E-state index contributed by atoms with van der Waals surface area (Å²) in [6.45, 7) is -0.224. The Bertz CT molecular complexity index is 844. The summed E-state index contributed by atoms with van der Waals surface area (Å²) in [6, 6.07) is 10.3. The van der Waals surface area contributed by atoms with Crippen LogP contribution in [0, 0.1) is 5.92 Å². The second kappa shape index (κ2) is 6.52. The number of rotatable bonds is 4. The van der Waals surface area contributed by atoms with Gasteiger partial charge in [0.15, 0.2) is 23.0 Å². The third-order valence-electron chi connectivity index (χ3n) is 5.61. The molecule has 3 N–H and O–H groups in total. The maximum atomic E-state index is 11.3. The highest BCUT2D eigenvalue weighted by molar-refractivity contribution is 5.47. The summed E-state index contributed by atoms with van der Waals surface area (Å²) < 4.78 is 27.2. The van der Waals surface area contributed by atoms with E-state index < -0.39 is 23.7 Å². The Hall–Kier alpha value is -2.52. The van der Waals surface area contributed by atoms with Crippen LogP contribution in [0.25, 0.3) is 0 Å². The number of aliphatic hydroxyl groups excluding tert-OH is 2. The van der Waals surface area contributed by atoms with Crippen molar-refractivity contribution in [1.29, 1.82) is 0 Å². The molecule has 1 unspecified atom stereocenters. The second-order valence-electron chi connectivity index (χ2n) is 7.14. The van der Waals surface area contributed by atoms with Gasteiger partial charge < -0.3 is 39.0 Å². The average molecular weight is 388 g/mol. The van der Waals surface area contributed by atoms with Crippen LogP contribution in [0.1, 0.15) is 23.3 Å². The molecular formula is C20H20O8. The van der Waals surface area contributed by atoms with Gasteiger partial charge in [0.05, 0.1) is 19.3 Å². The van der Waals surface area contributed by atoms with E-state index in [0.29, 0.717) is 28.6 Å². The van der Waals surface area contributed by atoms with E-state index in [1.165, 1.54) is 0 Å². The molecule has 0 aliphatic carbocycles. The predicted molar refractivity (Wildman–Crippen MR) is 94.3 cm³/mol. The van der Waals surface area contributed by atoms with Crippen molar-refractivity contribution in [1.82, 2.24) is 0 Å². The summed E-state index contributed by atoms with van der Waals surface area (Å²) in [5.41, 5.74) is -0.485. The average Bonchev–Trinajstić information content (AvgIpc) is 3.44. The second-order valence-corrected chi connectivity index (χ2v) is 7.14. The van der Waals surface area contributed by atoms with Gasteiger partial charge in [0, 0.05) is 5.92 Å². The lowest BCUT2D eigenvalue weighted by atomic mass is 9.78. The van der Waals surface area contributed by atoms with E-state index >= 15 is 0 Å². The lowest BCUT2D eigenvalue weighted by Crippen LogP contribution is -2.45. The molecule has 1 saturated heterocycles. The van der Waals surface area contributed by atoms with Gasteiger partial charge in [-0.1, -0.05) is 12.1 Å². The summed E-state index contributed by atoms with van der Waals surface area (Å²) >= 11 is 0. The zero-order chi connectivity index (χ0) is 19.3. The first kappa shape index (κ1) is 17.6. The lowest BCUT2D eigenvalue weighted by Gasteiger charge is -2.34. The van der Waals surface area contributed by atoms with Crippen molar-refractivity contribution in [2.24, 2.45) is 5.92 Å². The molecule has 3 aliphatic heterocycles. The molecule has 5 rings (SSSR count). The van der Waals surface area contributed by atoms with Crippen LogP contribution in [-0.2, 0) is 4.74 Å². The van der Waals surface area contributed by atoms with E-state index in [2.05, 4.69) is 0 Å². The Kier molecular flexibility index (Phi) is 4.09. The first-order valence-corrected chi connectivity index (χ1v) is 9.02. The molecule has 0 bridgehead atoms. The zero-order valence-electron chi connectivity index (χ0n) is 14.9. The number of fused-ring (bicyclic) bond motifs is 2. The van der Waals surface area contributed by atoms with Crippen molar-refractivity contribution in [3.8, 4) is 23.0 Å². The van der Waals surface area contributed by atoms with E-state index in [1.54, 1.807) is 36.4 Å². The standard InChI is InChI=1S/C20H20O8/c21-7-13-18(11-1-3-14-16(5-11)27-9-25-14)24-8-20(13,23)19(22)12-2-4-15-17(6-12)28-10-26-15/h1-6,13,18-19,21-23H,7-10H2/t13-,18-,19?,20-/m1/s1. The molecule has 0 amide bonds. The highest BCUT2D eigenvalue weighted by atomic mass is 16.7. The largest absolute Gasteiger partial charge is 0.454 e. The van der Waals surface area contributed by atoms with Gasteiger partial charge in [0.2, 0.25) is 13.6 Å². The minimum atomic E-state index is -1.68. The number of hydrogen-bond acceptors (Lipinski definition) is 8. The van der Waals surface area contributed by atoms with Crippen molar-refractivity contribution < 1.29 is 39.0 Å². The van der Waals surface area contributed by atoms with Gasteiger partial charge in [-0.15, -0.1) is 0 Å². The maximum Gasteiger partial charge on any atom is 0.231 e. The van der Waals surface area contributed by atoms with Gasteiger partial charge in [0.1, 0.15) is 11.7 Å². The molecule has 0 spiro atoms. The molecule has 0 radical (unpaired) electrons. The minimum Gasteiger partial charge on any atom is -0.454 e. The number of ether oxygens (including phenoxy) is 5. The molecule has 3 heterocycles. The first-order chi connectivity index (χ1) is 13.6. The quantitative estimate of drug-likeness (QED) is 0.719. The fourth-order valence-corrected chi connectivity index (χ4v) is 4.03. The van der Waals surface area contributed by atoms with Gasteiger partial charge in [-0.2, -0.15) is 0 Å². The van der Waals surface area contributed by atoms with Crippen molar-refractivity contribution in [3.63, 3.8) is 0 Å². The first-order valence-electron chi connectivity index (χ1n) is 9.02. The van der Waals surface area contributed by atoms with E-state index in [9.17, 15) is 15.3 Å². The zero-order valence-corrected chi connectivity index (χ0v) is 14.9. The van der Waals surface area contributed by atoms with Crippen LogP contribution in [0.3, 0.4) is 0 Å². The van der Waals surface area contributed by atoms with Gasteiger partial charge in [0.25, 0.3) is 0 Å². The predicted octanol–water partition coefficient (Wildman–Crippen LogP) is 1.29. The van der Waals surface area contributed by atoms with Crippen LogP contribution in [0.15, 0.2) is 36.4 Å². The SMILES string of the molecule is OC[C@@H]1[C@@H](c2ccc3c(c2)OCO3)OC[C@]1(O)C(O)c1ccc2c(c1)OCO2. The fourth-order valence-electron chi connectivity index (χ4n) is 4.03. The van der Waals surface area contributed by atoms with Crippen molar-refractivity contribution in [3.05, 3.63) is 47.5 Å². The van der Waals surface area contributed by atoms with Gasteiger partial charge in [-0.25, -0.2) is 0 Å². The topological polar surface area (TPSA) is 107 Å². The van der Waals surface area contributed by atoms with E-state index in [-0.39, 0.29) is 26.8 Å². The van der Waals surface area contributed by atoms with Gasteiger partial charge >= 0.3 is 0 Å². The molecule has 8 nitrogen and oxygen atoms in total. The number of aliphatic hydroxyl groups is 3. The highest BCUT2D eigenvalue weighted by Gasteiger charge is 2.54. The number of hydrogen-bond donors (Lipinski definition) is 3. The molecular weight excluding hydrogens is 368 g/mol. The Morgan fingerprint density at radius 3 is 2.29 bits per heavy atom. The Morgan fingerprint density at radius 2 is 1.57 bits per heavy atom. The van der Waals surface area contributed by atoms with E-state index in [0.717, 1.165) is 5.56 Å². The summed E-state index contributed by atoms with van der Waals surface area (Å²) in [4.78, 5) is 0. The van der Waals surface area contributed by atoms with Crippen LogP contribution >= 0.6 is 0 Å². The van der Waals surface area contributed by atoms with E-state index in [1.807, 2.05) is 0 Å². The number of benzene rings is 2. The van der Waals surface area contributed by atoms with Crippen LogP contribution in [0.2, 0.25) is 0 Å². The lowest BCUT2D eigenvalue weighted by molar-refractivity contribution is -0.110. The van der Waals surface area contributed by atoms with Crippen LogP contribution < -0.4 is 18.9 Å².